The van der Waals surface area contributed by atoms with Crippen LogP contribution in [0.15, 0.2) is 34.7 Å². The number of thioether (sulfide) groups is 1. The monoisotopic (exact) mass is 494 g/mol. The topological polar surface area (TPSA) is 141 Å². The Kier molecular flexibility index (Phi) is 7.83. The van der Waals surface area contributed by atoms with Crippen LogP contribution in [0.25, 0.3) is 11.1 Å². The number of nitrogens with two attached hydrogens (primary N) is 1. The van der Waals surface area contributed by atoms with Crippen LogP contribution in [0.1, 0.15) is 16.8 Å². The standard InChI is InChI=1S/C23H22N6O3S2/c24-11-18-20(15-1-3-17(4-2-15)32-10-7-30)19(12-25)22(28-21(18)26)33-13-16-14-34-23(27-16)29-5-8-31-9-6-29/h1-4,14,30H,5-10,13H2,(H2,26,28). The van der Waals surface area contributed by atoms with Crippen LogP contribution in [0.5, 0.6) is 5.75 Å². The Balaban J connectivity index is 1.60. The molecule has 1 saturated heterocycles. The van der Waals surface area contributed by atoms with Crippen molar-refractivity contribution in [2.45, 2.75) is 10.8 Å². The number of aliphatic hydroxyl groups excluding tert-OH is 1. The van der Waals surface area contributed by atoms with Crippen molar-refractivity contribution in [1.29, 1.82) is 10.5 Å². The van der Waals surface area contributed by atoms with Crippen molar-refractivity contribution in [2.24, 2.45) is 0 Å². The summed E-state index contributed by atoms with van der Waals surface area (Å²) in [6.07, 6.45) is 0. The highest BCUT2D eigenvalue weighted by molar-refractivity contribution is 7.98. The Labute approximate surface area is 205 Å². The molecule has 0 atom stereocenters. The summed E-state index contributed by atoms with van der Waals surface area (Å²) in [7, 11) is 0. The lowest BCUT2D eigenvalue weighted by Gasteiger charge is -2.26. The lowest BCUT2D eigenvalue weighted by atomic mass is 9.97. The SMILES string of the molecule is N#Cc1c(N)nc(SCc2csc(N3CCOCC3)n2)c(C#N)c1-c1ccc(OCCO)cc1. The molecule has 11 heteroatoms. The smallest absolute Gasteiger partial charge is 0.185 e. The highest BCUT2D eigenvalue weighted by Crippen LogP contribution is 2.37. The second-order valence-corrected chi connectivity index (χ2v) is 9.06. The molecule has 3 aromatic rings. The van der Waals surface area contributed by atoms with Gasteiger partial charge in [0.2, 0.25) is 0 Å². The Morgan fingerprint density at radius 3 is 2.56 bits per heavy atom. The van der Waals surface area contributed by atoms with Gasteiger partial charge in [0, 0.05) is 29.8 Å². The summed E-state index contributed by atoms with van der Waals surface area (Å²) >= 11 is 2.95. The molecule has 0 radical (unpaired) electrons. The van der Waals surface area contributed by atoms with Crippen molar-refractivity contribution < 1.29 is 14.6 Å². The van der Waals surface area contributed by atoms with E-state index in [9.17, 15) is 10.5 Å². The van der Waals surface area contributed by atoms with Crippen LogP contribution < -0.4 is 15.4 Å². The number of rotatable bonds is 8. The average molecular weight is 495 g/mol. The first-order valence-corrected chi connectivity index (χ1v) is 12.4. The number of ether oxygens (including phenoxy) is 2. The first-order valence-electron chi connectivity index (χ1n) is 10.5. The molecule has 3 heterocycles. The van der Waals surface area contributed by atoms with E-state index < -0.39 is 0 Å². The number of thiazole rings is 1. The minimum atomic E-state index is -0.0900. The molecular formula is C23H22N6O3S2. The van der Waals surface area contributed by atoms with E-state index in [0.29, 0.717) is 46.4 Å². The average Bonchev–Trinajstić information content (AvgIpc) is 3.36. The summed E-state index contributed by atoms with van der Waals surface area (Å²) in [6.45, 7) is 3.12. The third-order valence-corrected chi connectivity index (χ3v) is 7.06. The Morgan fingerprint density at radius 1 is 1.15 bits per heavy atom. The largest absolute Gasteiger partial charge is 0.491 e. The zero-order valence-electron chi connectivity index (χ0n) is 18.2. The minimum Gasteiger partial charge on any atom is -0.491 e. The maximum absolute atomic E-state index is 9.98. The van der Waals surface area contributed by atoms with Crippen molar-refractivity contribution in [3.8, 4) is 29.0 Å². The van der Waals surface area contributed by atoms with E-state index in [-0.39, 0.29) is 24.6 Å². The molecule has 0 amide bonds. The predicted octanol–water partition coefficient (Wildman–Crippen LogP) is 3.03. The summed E-state index contributed by atoms with van der Waals surface area (Å²) in [5.41, 5.74) is 8.56. The number of pyridine rings is 1. The number of nitriles is 2. The molecule has 1 fully saturated rings. The van der Waals surface area contributed by atoms with Gasteiger partial charge in [-0.1, -0.05) is 23.9 Å². The second-order valence-electron chi connectivity index (χ2n) is 7.26. The van der Waals surface area contributed by atoms with Gasteiger partial charge >= 0.3 is 0 Å². The Hall–Kier alpha value is -3.35. The minimum absolute atomic E-state index is 0.0758. The van der Waals surface area contributed by atoms with Crippen LogP contribution in [0.3, 0.4) is 0 Å². The van der Waals surface area contributed by atoms with E-state index in [0.717, 1.165) is 23.9 Å². The maximum Gasteiger partial charge on any atom is 0.185 e. The highest BCUT2D eigenvalue weighted by atomic mass is 32.2. The third kappa shape index (κ3) is 5.24. The number of benzene rings is 1. The van der Waals surface area contributed by atoms with Gasteiger partial charge in [0.1, 0.15) is 40.9 Å². The molecule has 0 aliphatic carbocycles. The van der Waals surface area contributed by atoms with Crippen molar-refractivity contribution in [2.75, 3.05) is 50.2 Å². The number of nitrogen functional groups attached to an aromatic ring is 1. The van der Waals surface area contributed by atoms with Gasteiger partial charge in [0.05, 0.1) is 31.1 Å². The number of hydrogen-bond donors (Lipinski definition) is 2. The molecule has 2 aromatic heterocycles. The molecule has 4 rings (SSSR count). The van der Waals surface area contributed by atoms with E-state index in [2.05, 4.69) is 22.0 Å². The van der Waals surface area contributed by atoms with Gasteiger partial charge in [-0.3, -0.25) is 0 Å². The van der Waals surface area contributed by atoms with Crippen LogP contribution in [0.4, 0.5) is 10.9 Å². The number of anilines is 2. The van der Waals surface area contributed by atoms with E-state index in [1.54, 1.807) is 35.6 Å². The molecule has 1 aliphatic rings. The summed E-state index contributed by atoms with van der Waals surface area (Å²) in [5, 5.41) is 32.0. The van der Waals surface area contributed by atoms with Gasteiger partial charge in [-0.15, -0.1) is 11.3 Å². The normalized spacial score (nSPS) is 13.3. The fourth-order valence-corrected chi connectivity index (χ4v) is 5.35. The zero-order valence-corrected chi connectivity index (χ0v) is 19.9. The Bertz CT molecular complexity index is 1230. The van der Waals surface area contributed by atoms with E-state index in [4.69, 9.17) is 25.3 Å². The fraction of sp³-hybridized carbons (Fsp3) is 0.304. The molecule has 0 unspecified atom stereocenters. The molecule has 9 nitrogen and oxygen atoms in total. The van der Waals surface area contributed by atoms with Gasteiger partial charge in [0.25, 0.3) is 0 Å². The molecule has 174 valence electrons. The lowest BCUT2D eigenvalue weighted by molar-refractivity contribution is 0.122. The number of nitrogens with zero attached hydrogens (tertiary/aromatic N) is 5. The van der Waals surface area contributed by atoms with Gasteiger partial charge in [0.15, 0.2) is 5.13 Å². The van der Waals surface area contributed by atoms with Gasteiger partial charge in [-0.05, 0) is 17.7 Å². The molecular weight excluding hydrogens is 472 g/mol. The van der Waals surface area contributed by atoms with Gasteiger partial charge in [-0.25, -0.2) is 9.97 Å². The van der Waals surface area contributed by atoms with Crippen molar-refractivity contribution in [3.05, 3.63) is 46.5 Å². The predicted molar refractivity (Wildman–Crippen MR) is 131 cm³/mol. The number of morpholine rings is 1. The fourth-order valence-electron chi connectivity index (χ4n) is 3.48. The molecule has 0 saturated carbocycles. The highest BCUT2D eigenvalue weighted by Gasteiger charge is 2.21. The molecule has 0 spiro atoms. The van der Waals surface area contributed by atoms with Crippen LogP contribution in [-0.4, -0.2) is 54.6 Å². The number of hydrogen-bond acceptors (Lipinski definition) is 11. The zero-order chi connectivity index (χ0) is 23.9. The summed E-state index contributed by atoms with van der Waals surface area (Å²) in [4.78, 5) is 11.3. The third-order valence-electron chi connectivity index (χ3n) is 5.10. The molecule has 34 heavy (non-hydrogen) atoms. The second kappa shape index (κ2) is 11.2. The van der Waals surface area contributed by atoms with E-state index >= 15 is 0 Å². The molecule has 1 aliphatic heterocycles. The summed E-state index contributed by atoms with van der Waals surface area (Å²) in [6, 6.07) is 11.3. The van der Waals surface area contributed by atoms with Crippen LogP contribution in [0.2, 0.25) is 0 Å². The van der Waals surface area contributed by atoms with Crippen molar-refractivity contribution >= 4 is 34.0 Å². The van der Waals surface area contributed by atoms with Crippen LogP contribution in [0, 0.1) is 22.7 Å². The van der Waals surface area contributed by atoms with Crippen molar-refractivity contribution in [3.63, 3.8) is 0 Å². The van der Waals surface area contributed by atoms with Gasteiger partial charge in [-0.2, -0.15) is 10.5 Å². The summed E-state index contributed by atoms with van der Waals surface area (Å²) in [5.74, 6) is 1.17. The first-order chi connectivity index (χ1) is 16.6. The van der Waals surface area contributed by atoms with Gasteiger partial charge < -0.3 is 25.2 Å². The number of aliphatic hydroxyl groups is 1. The van der Waals surface area contributed by atoms with Crippen LogP contribution >= 0.6 is 23.1 Å². The van der Waals surface area contributed by atoms with Crippen molar-refractivity contribution in [1.82, 2.24) is 9.97 Å². The summed E-state index contributed by atoms with van der Waals surface area (Å²) < 4.78 is 10.8. The molecule has 3 N–H and O–H groups in total. The molecule has 1 aromatic carbocycles. The lowest BCUT2D eigenvalue weighted by Crippen LogP contribution is -2.36. The molecule has 0 bridgehead atoms. The maximum atomic E-state index is 9.98. The van der Waals surface area contributed by atoms with E-state index in [1.165, 1.54) is 11.8 Å². The first kappa shape index (κ1) is 23.8. The van der Waals surface area contributed by atoms with Crippen LogP contribution in [-0.2, 0) is 10.5 Å². The number of aromatic nitrogens is 2. The Morgan fingerprint density at radius 2 is 1.88 bits per heavy atom. The van der Waals surface area contributed by atoms with E-state index in [1.807, 2.05) is 5.38 Å². The quantitative estimate of drug-likeness (QED) is 0.449.